The Balaban J connectivity index is 1.56. The number of aromatic nitrogens is 4. The van der Waals surface area contributed by atoms with E-state index in [1.165, 1.54) is 32.1 Å². The van der Waals surface area contributed by atoms with Crippen molar-refractivity contribution in [3.63, 3.8) is 0 Å². The third kappa shape index (κ3) is 3.69. The van der Waals surface area contributed by atoms with E-state index in [0.29, 0.717) is 17.1 Å². The summed E-state index contributed by atoms with van der Waals surface area (Å²) in [5.41, 5.74) is 1.99. The molecule has 146 valence electrons. The standard InChI is InChI=1S/C21H26N6O/c1-15(16-7-4-3-5-8-16)24-21(28)18-14-23-27-12-10-19(25-20(18)27)26(2)17-9-6-11-22-13-17/h6,9-16H,3-5,7-8H2,1-2H3,(H,24,28)/t15-/m0/s1. The smallest absolute Gasteiger partial charge is 0.256 e. The summed E-state index contributed by atoms with van der Waals surface area (Å²) in [5, 5.41) is 7.46. The minimum Gasteiger partial charge on any atom is -0.349 e. The number of pyridine rings is 1. The lowest BCUT2D eigenvalue weighted by Crippen LogP contribution is -2.38. The molecule has 1 N–H and O–H groups in total. The van der Waals surface area contributed by atoms with Crippen molar-refractivity contribution in [2.24, 2.45) is 5.92 Å². The lowest BCUT2D eigenvalue weighted by Gasteiger charge is -2.28. The second-order valence-corrected chi connectivity index (χ2v) is 7.54. The van der Waals surface area contributed by atoms with Gasteiger partial charge in [-0.1, -0.05) is 19.3 Å². The highest BCUT2D eigenvalue weighted by Gasteiger charge is 2.23. The van der Waals surface area contributed by atoms with E-state index < -0.39 is 0 Å². The van der Waals surface area contributed by atoms with Crippen molar-refractivity contribution in [2.45, 2.75) is 45.1 Å². The van der Waals surface area contributed by atoms with Crippen LogP contribution in [0, 0.1) is 5.92 Å². The normalized spacial score (nSPS) is 16.1. The maximum atomic E-state index is 12.9. The van der Waals surface area contributed by atoms with Crippen LogP contribution in [0.15, 0.2) is 43.0 Å². The van der Waals surface area contributed by atoms with Gasteiger partial charge in [0.2, 0.25) is 0 Å². The van der Waals surface area contributed by atoms with Gasteiger partial charge >= 0.3 is 0 Å². The second-order valence-electron chi connectivity index (χ2n) is 7.54. The average Bonchev–Trinajstić information content (AvgIpc) is 3.18. The average molecular weight is 378 g/mol. The minimum atomic E-state index is -0.109. The molecule has 1 atom stereocenters. The zero-order valence-electron chi connectivity index (χ0n) is 16.4. The maximum absolute atomic E-state index is 12.9. The highest BCUT2D eigenvalue weighted by atomic mass is 16.1. The molecule has 1 aliphatic carbocycles. The summed E-state index contributed by atoms with van der Waals surface area (Å²) >= 11 is 0. The third-order valence-electron chi connectivity index (χ3n) is 5.69. The van der Waals surface area contributed by atoms with Crippen molar-refractivity contribution in [1.29, 1.82) is 0 Å². The predicted octanol–water partition coefficient (Wildman–Crippen LogP) is 3.59. The topological polar surface area (TPSA) is 75.4 Å². The number of nitrogens with zero attached hydrogens (tertiary/aromatic N) is 5. The van der Waals surface area contributed by atoms with Gasteiger partial charge in [-0.2, -0.15) is 5.10 Å². The molecule has 0 radical (unpaired) electrons. The molecule has 1 fully saturated rings. The lowest BCUT2D eigenvalue weighted by atomic mass is 9.84. The number of anilines is 2. The zero-order chi connectivity index (χ0) is 19.5. The number of nitrogens with one attached hydrogen (secondary N) is 1. The van der Waals surface area contributed by atoms with Crippen molar-refractivity contribution in [2.75, 3.05) is 11.9 Å². The number of rotatable bonds is 5. The molecule has 0 unspecified atom stereocenters. The van der Waals surface area contributed by atoms with Crippen LogP contribution in [0.4, 0.5) is 11.5 Å². The van der Waals surface area contributed by atoms with Crippen LogP contribution in [0.25, 0.3) is 5.65 Å². The Morgan fingerprint density at radius 1 is 1.25 bits per heavy atom. The summed E-state index contributed by atoms with van der Waals surface area (Å²) < 4.78 is 1.64. The molecular weight excluding hydrogens is 352 g/mol. The van der Waals surface area contributed by atoms with Gasteiger partial charge in [0.05, 0.1) is 18.1 Å². The lowest BCUT2D eigenvalue weighted by molar-refractivity contribution is 0.0921. The van der Waals surface area contributed by atoms with Crippen LogP contribution in [0.5, 0.6) is 0 Å². The van der Waals surface area contributed by atoms with Crippen LogP contribution >= 0.6 is 0 Å². The van der Waals surface area contributed by atoms with Crippen molar-refractivity contribution < 1.29 is 4.79 Å². The first-order valence-corrected chi connectivity index (χ1v) is 9.92. The largest absolute Gasteiger partial charge is 0.349 e. The molecule has 0 saturated heterocycles. The Bertz CT molecular complexity index is 948. The van der Waals surface area contributed by atoms with Gasteiger partial charge < -0.3 is 10.2 Å². The molecule has 7 heteroatoms. The Labute approximate surface area is 164 Å². The quantitative estimate of drug-likeness (QED) is 0.734. The number of hydrogen-bond acceptors (Lipinski definition) is 5. The van der Waals surface area contributed by atoms with E-state index >= 15 is 0 Å². The van der Waals surface area contributed by atoms with E-state index in [-0.39, 0.29) is 11.9 Å². The molecule has 4 rings (SSSR count). The number of hydrogen-bond donors (Lipinski definition) is 1. The summed E-state index contributed by atoms with van der Waals surface area (Å²) in [7, 11) is 1.93. The van der Waals surface area contributed by atoms with Crippen LogP contribution in [0.2, 0.25) is 0 Å². The fourth-order valence-electron chi connectivity index (χ4n) is 3.93. The van der Waals surface area contributed by atoms with Gasteiger partial charge in [-0.05, 0) is 43.9 Å². The summed E-state index contributed by atoms with van der Waals surface area (Å²) in [6.45, 7) is 2.11. The molecule has 28 heavy (non-hydrogen) atoms. The van der Waals surface area contributed by atoms with Crippen LogP contribution in [0.1, 0.15) is 49.4 Å². The van der Waals surface area contributed by atoms with Crippen LogP contribution in [-0.2, 0) is 0 Å². The van der Waals surface area contributed by atoms with Gasteiger partial charge in [-0.25, -0.2) is 9.50 Å². The monoisotopic (exact) mass is 378 g/mol. The summed E-state index contributed by atoms with van der Waals surface area (Å²) in [4.78, 5) is 23.7. The van der Waals surface area contributed by atoms with Gasteiger partial charge in [-0.3, -0.25) is 9.78 Å². The molecule has 1 aliphatic rings. The number of carbonyl (C=O) groups excluding carboxylic acids is 1. The predicted molar refractivity (Wildman–Crippen MR) is 109 cm³/mol. The van der Waals surface area contributed by atoms with E-state index in [2.05, 4.69) is 22.3 Å². The third-order valence-corrected chi connectivity index (χ3v) is 5.69. The Morgan fingerprint density at radius 3 is 2.82 bits per heavy atom. The van der Waals surface area contributed by atoms with Crippen LogP contribution in [-0.4, -0.2) is 38.6 Å². The summed E-state index contributed by atoms with van der Waals surface area (Å²) in [6.07, 6.45) is 13.1. The molecular formula is C21H26N6O. The van der Waals surface area contributed by atoms with E-state index in [4.69, 9.17) is 4.98 Å². The zero-order valence-corrected chi connectivity index (χ0v) is 16.4. The van der Waals surface area contributed by atoms with E-state index in [1.54, 1.807) is 23.1 Å². The first-order chi connectivity index (χ1) is 13.6. The first-order valence-electron chi connectivity index (χ1n) is 9.92. The highest BCUT2D eigenvalue weighted by Crippen LogP contribution is 2.27. The molecule has 1 amide bonds. The summed E-state index contributed by atoms with van der Waals surface area (Å²) in [5.74, 6) is 1.18. The first kappa shape index (κ1) is 18.4. The van der Waals surface area contributed by atoms with Crippen molar-refractivity contribution >= 4 is 23.1 Å². The number of fused-ring (bicyclic) bond motifs is 1. The molecule has 0 aliphatic heterocycles. The number of amides is 1. The molecule has 3 aromatic rings. The Morgan fingerprint density at radius 2 is 2.07 bits per heavy atom. The maximum Gasteiger partial charge on any atom is 0.256 e. The second kappa shape index (κ2) is 7.96. The fraction of sp³-hybridized carbons (Fsp3) is 0.429. The van der Waals surface area contributed by atoms with Crippen molar-refractivity contribution in [3.05, 3.63) is 48.5 Å². The Kier molecular flexibility index (Phi) is 5.23. The molecule has 0 spiro atoms. The molecule has 0 aromatic carbocycles. The highest BCUT2D eigenvalue weighted by molar-refractivity contribution is 6.00. The van der Waals surface area contributed by atoms with Gasteiger partial charge in [0.1, 0.15) is 11.4 Å². The van der Waals surface area contributed by atoms with E-state index in [1.807, 2.05) is 36.3 Å². The molecule has 0 bridgehead atoms. The van der Waals surface area contributed by atoms with Gasteiger partial charge in [-0.15, -0.1) is 0 Å². The van der Waals surface area contributed by atoms with Crippen molar-refractivity contribution in [1.82, 2.24) is 24.9 Å². The fourth-order valence-corrected chi connectivity index (χ4v) is 3.93. The van der Waals surface area contributed by atoms with Gasteiger partial charge in [0.25, 0.3) is 5.91 Å². The molecule has 1 saturated carbocycles. The van der Waals surface area contributed by atoms with Crippen LogP contribution in [0.3, 0.4) is 0 Å². The molecule has 7 nitrogen and oxygen atoms in total. The summed E-state index contributed by atoms with van der Waals surface area (Å²) in [6, 6.07) is 5.88. The van der Waals surface area contributed by atoms with E-state index in [0.717, 1.165) is 11.5 Å². The van der Waals surface area contributed by atoms with Crippen LogP contribution < -0.4 is 10.2 Å². The van der Waals surface area contributed by atoms with Gasteiger partial charge in [0, 0.05) is 25.5 Å². The molecule has 3 aromatic heterocycles. The molecule has 3 heterocycles. The van der Waals surface area contributed by atoms with Crippen molar-refractivity contribution in [3.8, 4) is 0 Å². The SMILES string of the molecule is C[C@H](NC(=O)c1cnn2ccc(N(C)c3cccnc3)nc12)C1CCCCC1. The van der Waals surface area contributed by atoms with E-state index in [9.17, 15) is 4.79 Å². The number of carbonyl (C=O) groups is 1. The Hall–Kier alpha value is -2.96. The van der Waals surface area contributed by atoms with Gasteiger partial charge in [0.15, 0.2) is 5.65 Å². The minimum absolute atomic E-state index is 0.109.